The number of amides is 1. The molecule has 6 nitrogen and oxygen atoms in total. The van der Waals surface area contributed by atoms with Crippen LogP contribution in [0.4, 0.5) is 13.2 Å². The van der Waals surface area contributed by atoms with E-state index in [4.69, 9.17) is 17.3 Å². The Labute approximate surface area is 166 Å². The first-order chi connectivity index (χ1) is 13.0. The Bertz CT molecular complexity index is 855. The molecule has 0 saturated carbocycles. The molecule has 1 atom stereocenters. The quantitative estimate of drug-likeness (QED) is 0.781. The molecule has 28 heavy (non-hydrogen) atoms. The lowest BCUT2D eigenvalue weighted by atomic mass is 10.0. The normalized spacial score (nSPS) is 23.2. The first kappa shape index (κ1) is 21.4. The summed E-state index contributed by atoms with van der Waals surface area (Å²) in [6.45, 7) is 1.01. The van der Waals surface area contributed by atoms with Crippen molar-refractivity contribution >= 4 is 27.5 Å². The summed E-state index contributed by atoms with van der Waals surface area (Å²) in [5.74, 6) is -0.386. The molecule has 0 spiro atoms. The predicted molar refractivity (Wildman–Crippen MR) is 97.2 cm³/mol. The number of benzene rings is 1. The maximum Gasteiger partial charge on any atom is 0.416 e. The van der Waals surface area contributed by atoms with Gasteiger partial charge in [0.05, 0.1) is 16.6 Å². The van der Waals surface area contributed by atoms with Crippen molar-refractivity contribution in [1.29, 1.82) is 0 Å². The molecule has 1 aromatic rings. The molecular formula is C17H21ClF3N3O3S. The molecule has 2 fully saturated rings. The zero-order chi connectivity index (χ0) is 20.7. The molecule has 156 valence electrons. The number of piperidine rings is 1. The Kier molecular flexibility index (Phi) is 5.96. The van der Waals surface area contributed by atoms with Crippen molar-refractivity contribution in [3.05, 3.63) is 28.8 Å². The summed E-state index contributed by atoms with van der Waals surface area (Å²) in [6.07, 6.45) is -2.18. The summed E-state index contributed by atoms with van der Waals surface area (Å²) in [7, 11) is -4.16. The van der Waals surface area contributed by atoms with Crippen molar-refractivity contribution in [2.24, 2.45) is 5.73 Å². The number of carbonyl (C=O) groups excluding carboxylic acids is 1. The van der Waals surface area contributed by atoms with E-state index in [1.54, 1.807) is 0 Å². The monoisotopic (exact) mass is 439 g/mol. The van der Waals surface area contributed by atoms with Gasteiger partial charge in [0, 0.05) is 19.1 Å². The molecule has 2 aliphatic heterocycles. The number of likely N-dealkylation sites (tertiary alicyclic amines) is 1. The summed E-state index contributed by atoms with van der Waals surface area (Å²) in [5, 5.41) is -0.247. The van der Waals surface area contributed by atoms with E-state index in [0.717, 1.165) is 29.4 Å². The molecule has 2 saturated heterocycles. The fraction of sp³-hybridized carbons (Fsp3) is 0.588. The van der Waals surface area contributed by atoms with E-state index in [-0.39, 0.29) is 36.1 Å². The van der Waals surface area contributed by atoms with Gasteiger partial charge in [-0.1, -0.05) is 11.6 Å². The maximum atomic E-state index is 13.0. The zero-order valence-electron chi connectivity index (χ0n) is 15.0. The van der Waals surface area contributed by atoms with E-state index in [1.807, 2.05) is 4.90 Å². The highest BCUT2D eigenvalue weighted by molar-refractivity contribution is 7.89. The summed E-state index contributed by atoms with van der Waals surface area (Å²) in [6, 6.07) is 1.96. The third-order valence-electron chi connectivity index (χ3n) is 5.39. The lowest BCUT2D eigenvalue weighted by molar-refractivity contribution is -0.137. The molecule has 2 N–H and O–H groups in total. The average Bonchev–Trinajstić information content (AvgIpc) is 3.11. The fourth-order valence-electron chi connectivity index (χ4n) is 3.96. The second-order valence-electron chi connectivity index (χ2n) is 7.08. The first-order valence-electron chi connectivity index (χ1n) is 8.94. The molecule has 2 aliphatic rings. The van der Waals surface area contributed by atoms with Crippen molar-refractivity contribution in [3.63, 3.8) is 0 Å². The zero-order valence-corrected chi connectivity index (χ0v) is 16.5. The van der Waals surface area contributed by atoms with Crippen LogP contribution in [0, 0.1) is 0 Å². The van der Waals surface area contributed by atoms with Crippen molar-refractivity contribution < 1.29 is 26.4 Å². The number of hydrogen-bond acceptors (Lipinski definition) is 4. The number of rotatable bonds is 4. The van der Waals surface area contributed by atoms with Crippen LogP contribution in [-0.2, 0) is 21.0 Å². The van der Waals surface area contributed by atoms with Gasteiger partial charge >= 0.3 is 6.18 Å². The van der Waals surface area contributed by atoms with Gasteiger partial charge in [-0.2, -0.15) is 17.5 Å². The minimum atomic E-state index is -4.67. The van der Waals surface area contributed by atoms with Gasteiger partial charge in [-0.25, -0.2) is 8.42 Å². The molecule has 3 rings (SSSR count). The highest BCUT2D eigenvalue weighted by Crippen LogP contribution is 2.35. The maximum absolute atomic E-state index is 13.0. The van der Waals surface area contributed by atoms with E-state index in [2.05, 4.69) is 0 Å². The van der Waals surface area contributed by atoms with Gasteiger partial charge in [0.25, 0.3) is 0 Å². The van der Waals surface area contributed by atoms with Crippen molar-refractivity contribution in [3.8, 4) is 0 Å². The Morgan fingerprint density at radius 1 is 1.14 bits per heavy atom. The molecule has 0 radical (unpaired) electrons. The molecule has 0 bridgehead atoms. The minimum Gasteiger partial charge on any atom is -0.368 e. The Balaban J connectivity index is 1.76. The van der Waals surface area contributed by atoms with Crippen molar-refractivity contribution in [1.82, 2.24) is 9.21 Å². The Hall–Kier alpha value is -1.36. The van der Waals surface area contributed by atoms with E-state index >= 15 is 0 Å². The Morgan fingerprint density at radius 2 is 1.79 bits per heavy atom. The summed E-state index contributed by atoms with van der Waals surface area (Å²) < 4.78 is 65.8. The second-order valence-corrected chi connectivity index (χ2v) is 9.39. The average molecular weight is 440 g/mol. The number of nitrogens with zero attached hydrogens (tertiary/aromatic N) is 2. The van der Waals surface area contributed by atoms with Gasteiger partial charge in [0.2, 0.25) is 15.9 Å². The topological polar surface area (TPSA) is 83.7 Å². The molecule has 11 heteroatoms. The van der Waals surface area contributed by atoms with Gasteiger partial charge in [0.15, 0.2) is 0 Å². The molecule has 0 aromatic heterocycles. The van der Waals surface area contributed by atoms with Gasteiger partial charge in [-0.05, 0) is 50.4 Å². The van der Waals surface area contributed by atoms with Crippen LogP contribution in [0.25, 0.3) is 0 Å². The number of alkyl halides is 3. The van der Waals surface area contributed by atoms with Crippen LogP contribution in [0.2, 0.25) is 5.02 Å². The van der Waals surface area contributed by atoms with E-state index in [9.17, 15) is 26.4 Å². The predicted octanol–water partition coefficient (Wildman–Crippen LogP) is 2.46. The number of nitrogens with two attached hydrogens (primary N) is 1. The number of hydrogen-bond donors (Lipinski definition) is 1. The standard InChI is InChI=1S/C17H21ClF3N3O3S/c18-13-4-3-11(17(19,20)21)10-15(13)28(26,27)23-8-5-12(6-9-23)24-7-1-2-14(24)16(22)25/h3-4,10,12,14H,1-2,5-9H2,(H2,22,25). The molecule has 1 unspecified atom stereocenters. The van der Waals surface area contributed by atoms with Crippen molar-refractivity contribution in [2.45, 2.75) is 48.8 Å². The summed E-state index contributed by atoms with van der Waals surface area (Å²) in [4.78, 5) is 13.1. The number of halogens is 4. The highest BCUT2D eigenvalue weighted by Gasteiger charge is 2.39. The largest absolute Gasteiger partial charge is 0.416 e. The highest BCUT2D eigenvalue weighted by atomic mass is 35.5. The van der Waals surface area contributed by atoms with Crippen LogP contribution in [-0.4, -0.2) is 55.2 Å². The molecule has 1 amide bonds. The number of carbonyl (C=O) groups is 1. The fourth-order valence-corrected chi connectivity index (χ4v) is 5.93. The van der Waals surface area contributed by atoms with Gasteiger partial charge < -0.3 is 5.73 Å². The van der Waals surface area contributed by atoms with Crippen LogP contribution in [0.3, 0.4) is 0 Å². The third-order valence-corrected chi connectivity index (χ3v) is 7.77. The van der Waals surface area contributed by atoms with Crippen LogP contribution >= 0.6 is 11.6 Å². The van der Waals surface area contributed by atoms with Crippen LogP contribution in [0.15, 0.2) is 23.1 Å². The molecular weight excluding hydrogens is 419 g/mol. The van der Waals surface area contributed by atoms with E-state index < -0.39 is 26.7 Å². The lowest BCUT2D eigenvalue weighted by Crippen LogP contribution is -2.51. The third kappa shape index (κ3) is 4.14. The Morgan fingerprint density at radius 3 is 2.36 bits per heavy atom. The smallest absolute Gasteiger partial charge is 0.368 e. The molecule has 0 aliphatic carbocycles. The summed E-state index contributed by atoms with van der Waals surface area (Å²) >= 11 is 5.90. The van der Waals surface area contributed by atoms with Crippen LogP contribution < -0.4 is 5.73 Å². The van der Waals surface area contributed by atoms with E-state index in [1.165, 1.54) is 0 Å². The van der Waals surface area contributed by atoms with Gasteiger partial charge in [0.1, 0.15) is 4.90 Å². The number of sulfonamides is 1. The van der Waals surface area contributed by atoms with Gasteiger partial charge in [-0.3, -0.25) is 9.69 Å². The second kappa shape index (κ2) is 7.81. The first-order valence-corrected chi connectivity index (χ1v) is 10.8. The summed E-state index contributed by atoms with van der Waals surface area (Å²) in [5.41, 5.74) is 4.38. The molecule has 2 heterocycles. The SMILES string of the molecule is NC(=O)C1CCCN1C1CCN(S(=O)(=O)c2cc(C(F)(F)F)ccc2Cl)CC1. The van der Waals surface area contributed by atoms with E-state index in [0.29, 0.717) is 25.3 Å². The number of primary amides is 1. The van der Waals surface area contributed by atoms with Crippen LogP contribution in [0.1, 0.15) is 31.2 Å². The lowest BCUT2D eigenvalue weighted by Gasteiger charge is -2.38. The minimum absolute atomic E-state index is 0.0171. The van der Waals surface area contributed by atoms with Gasteiger partial charge in [-0.15, -0.1) is 0 Å². The molecule has 1 aromatic carbocycles. The van der Waals surface area contributed by atoms with Crippen LogP contribution in [0.5, 0.6) is 0 Å². The van der Waals surface area contributed by atoms with Crippen molar-refractivity contribution in [2.75, 3.05) is 19.6 Å².